The van der Waals surface area contributed by atoms with Gasteiger partial charge in [-0.3, -0.25) is 4.90 Å². The van der Waals surface area contributed by atoms with Crippen LogP contribution >= 0.6 is 36.4 Å². The van der Waals surface area contributed by atoms with E-state index in [0.717, 1.165) is 6.07 Å². The summed E-state index contributed by atoms with van der Waals surface area (Å²) in [5.41, 5.74) is 0.161. The summed E-state index contributed by atoms with van der Waals surface area (Å²) >= 11 is 5.91. The SMILES string of the molecule is Cl.Cl.Fc1ccc(Cl)c([C@@H](C(F)F)N2CCNCC2)c1. The molecule has 0 aliphatic carbocycles. The minimum Gasteiger partial charge on any atom is -0.314 e. The molecule has 1 aliphatic rings. The van der Waals surface area contributed by atoms with Crippen LogP contribution in [0.3, 0.4) is 0 Å². The predicted molar refractivity (Wildman–Crippen MR) is 79.1 cm³/mol. The van der Waals surface area contributed by atoms with Crippen LogP contribution in [0.2, 0.25) is 5.02 Å². The second-order valence-electron chi connectivity index (χ2n) is 4.23. The van der Waals surface area contributed by atoms with E-state index < -0.39 is 18.3 Å². The van der Waals surface area contributed by atoms with Crippen molar-refractivity contribution in [2.24, 2.45) is 0 Å². The second-order valence-corrected chi connectivity index (χ2v) is 4.64. The van der Waals surface area contributed by atoms with Crippen LogP contribution in [0.5, 0.6) is 0 Å². The molecule has 0 bridgehead atoms. The predicted octanol–water partition coefficient (Wildman–Crippen LogP) is 3.53. The number of nitrogens with zero attached hydrogens (tertiary/aromatic N) is 1. The van der Waals surface area contributed by atoms with E-state index in [9.17, 15) is 13.2 Å². The number of benzene rings is 1. The van der Waals surface area contributed by atoms with Crippen LogP contribution in [-0.2, 0) is 0 Å². The summed E-state index contributed by atoms with van der Waals surface area (Å²) in [6, 6.07) is 2.45. The van der Waals surface area contributed by atoms with Gasteiger partial charge in [0.15, 0.2) is 0 Å². The zero-order chi connectivity index (χ0) is 13.1. The first-order valence-corrected chi connectivity index (χ1v) is 6.15. The van der Waals surface area contributed by atoms with Gasteiger partial charge in [-0.2, -0.15) is 0 Å². The largest absolute Gasteiger partial charge is 0.314 e. The van der Waals surface area contributed by atoms with Gasteiger partial charge in [0.05, 0.1) is 6.04 Å². The summed E-state index contributed by atoms with van der Waals surface area (Å²) in [6.45, 7) is 2.30. The van der Waals surface area contributed by atoms with Crippen LogP contribution in [0.4, 0.5) is 13.2 Å². The maximum absolute atomic E-state index is 13.2. The Morgan fingerprint density at radius 3 is 2.30 bits per heavy atom. The molecule has 8 heteroatoms. The minimum atomic E-state index is -2.60. The van der Waals surface area contributed by atoms with Gasteiger partial charge in [-0.25, -0.2) is 13.2 Å². The first-order valence-electron chi connectivity index (χ1n) is 5.77. The van der Waals surface area contributed by atoms with Gasteiger partial charge in [0.2, 0.25) is 0 Å². The van der Waals surface area contributed by atoms with Gasteiger partial charge >= 0.3 is 0 Å². The fourth-order valence-electron chi connectivity index (χ4n) is 2.19. The third-order valence-electron chi connectivity index (χ3n) is 3.06. The summed E-state index contributed by atoms with van der Waals surface area (Å²) in [5, 5.41) is 3.27. The Bertz CT molecular complexity index is 415. The number of hydrogen-bond donors (Lipinski definition) is 1. The number of piperazine rings is 1. The quantitative estimate of drug-likeness (QED) is 0.896. The molecule has 0 aromatic heterocycles. The Morgan fingerprint density at radius 2 is 1.75 bits per heavy atom. The maximum atomic E-state index is 13.2. The summed E-state index contributed by atoms with van der Waals surface area (Å²) < 4.78 is 39.7. The Morgan fingerprint density at radius 1 is 1.15 bits per heavy atom. The smallest absolute Gasteiger partial charge is 0.258 e. The molecule has 1 aromatic rings. The minimum absolute atomic E-state index is 0. The number of rotatable bonds is 3. The number of nitrogens with one attached hydrogen (secondary N) is 1. The molecule has 0 amide bonds. The lowest BCUT2D eigenvalue weighted by Crippen LogP contribution is -2.47. The molecule has 20 heavy (non-hydrogen) atoms. The van der Waals surface area contributed by atoms with Crippen molar-refractivity contribution in [3.63, 3.8) is 0 Å². The molecule has 1 aliphatic heterocycles. The molecular formula is C12H16Cl3F3N2. The highest BCUT2D eigenvalue weighted by molar-refractivity contribution is 6.31. The summed E-state index contributed by atoms with van der Waals surface area (Å²) in [7, 11) is 0. The van der Waals surface area contributed by atoms with Crippen molar-refractivity contribution in [2.45, 2.75) is 12.5 Å². The van der Waals surface area contributed by atoms with Crippen LogP contribution in [0, 0.1) is 5.82 Å². The first kappa shape index (κ1) is 19.8. The monoisotopic (exact) mass is 350 g/mol. The van der Waals surface area contributed by atoms with Crippen LogP contribution < -0.4 is 5.32 Å². The second kappa shape index (κ2) is 8.95. The average molecular weight is 352 g/mol. The Balaban J connectivity index is 0.00000180. The van der Waals surface area contributed by atoms with E-state index in [0.29, 0.717) is 26.2 Å². The summed E-state index contributed by atoms with van der Waals surface area (Å²) in [5.74, 6) is -0.546. The van der Waals surface area contributed by atoms with Crippen molar-refractivity contribution in [1.29, 1.82) is 0 Å². The molecule has 0 saturated carbocycles. The van der Waals surface area contributed by atoms with Crippen molar-refractivity contribution in [1.82, 2.24) is 10.2 Å². The molecule has 1 heterocycles. The first-order chi connectivity index (χ1) is 8.59. The molecule has 1 aromatic carbocycles. The third-order valence-corrected chi connectivity index (χ3v) is 3.40. The van der Waals surface area contributed by atoms with Crippen LogP contribution in [0.25, 0.3) is 0 Å². The van der Waals surface area contributed by atoms with Gasteiger partial charge in [0, 0.05) is 31.2 Å². The average Bonchev–Trinajstić information content (AvgIpc) is 2.35. The fraction of sp³-hybridized carbons (Fsp3) is 0.500. The molecule has 1 atom stereocenters. The molecule has 2 nitrogen and oxygen atoms in total. The highest BCUT2D eigenvalue weighted by Crippen LogP contribution is 2.33. The highest BCUT2D eigenvalue weighted by atomic mass is 35.5. The van der Waals surface area contributed by atoms with E-state index in [-0.39, 0.29) is 35.4 Å². The van der Waals surface area contributed by atoms with Gasteiger partial charge in [0.25, 0.3) is 6.43 Å². The van der Waals surface area contributed by atoms with Crippen LogP contribution in [-0.4, -0.2) is 37.5 Å². The van der Waals surface area contributed by atoms with Gasteiger partial charge in [0.1, 0.15) is 5.82 Å². The molecule has 116 valence electrons. The van der Waals surface area contributed by atoms with E-state index in [1.165, 1.54) is 12.1 Å². The zero-order valence-corrected chi connectivity index (χ0v) is 12.9. The van der Waals surface area contributed by atoms with E-state index in [4.69, 9.17) is 11.6 Å². The topological polar surface area (TPSA) is 15.3 Å². The van der Waals surface area contributed by atoms with Crippen molar-refractivity contribution < 1.29 is 13.2 Å². The molecule has 2 rings (SSSR count). The number of hydrogen-bond acceptors (Lipinski definition) is 2. The van der Waals surface area contributed by atoms with Crippen molar-refractivity contribution >= 4 is 36.4 Å². The van der Waals surface area contributed by atoms with E-state index in [1.54, 1.807) is 4.90 Å². The molecular weight excluding hydrogens is 335 g/mol. The summed E-state index contributed by atoms with van der Waals surface area (Å²) in [6.07, 6.45) is -2.60. The normalized spacial score (nSPS) is 17.2. The third kappa shape index (κ3) is 4.67. The molecule has 1 N–H and O–H groups in total. The standard InChI is InChI=1S/C12H14ClF3N2.2ClH/c13-10-2-1-8(14)7-9(10)11(12(15)16)18-5-3-17-4-6-18;;/h1-2,7,11-12,17H,3-6H2;2*1H/t11-;;/m0../s1. The fourth-order valence-corrected chi connectivity index (χ4v) is 2.42. The van der Waals surface area contributed by atoms with Gasteiger partial charge in [-0.15, -0.1) is 24.8 Å². The van der Waals surface area contributed by atoms with Gasteiger partial charge in [-0.05, 0) is 23.8 Å². The molecule has 1 fully saturated rings. The lowest BCUT2D eigenvalue weighted by molar-refractivity contribution is 0.0181. The maximum Gasteiger partial charge on any atom is 0.258 e. The van der Waals surface area contributed by atoms with Crippen molar-refractivity contribution in [3.8, 4) is 0 Å². The highest BCUT2D eigenvalue weighted by Gasteiger charge is 2.31. The Hall–Kier alpha value is -0.200. The Labute approximate surface area is 133 Å². The van der Waals surface area contributed by atoms with Crippen molar-refractivity contribution in [3.05, 3.63) is 34.6 Å². The lowest BCUT2D eigenvalue weighted by atomic mass is 10.0. The Kier molecular flexibility index (Phi) is 8.86. The zero-order valence-electron chi connectivity index (χ0n) is 10.5. The van der Waals surface area contributed by atoms with Crippen LogP contribution in [0.15, 0.2) is 18.2 Å². The van der Waals surface area contributed by atoms with Gasteiger partial charge in [-0.1, -0.05) is 11.6 Å². The van der Waals surface area contributed by atoms with Crippen molar-refractivity contribution in [2.75, 3.05) is 26.2 Å². The van der Waals surface area contributed by atoms with E-state index in [2.05, 4.69) is 5.32 Å². The van der Waals surface area contributed by atoms with Crippen LogP contribution in [0.1, 0.15) is 11.6 Å². The molecule has 0 spiro atoms. The molecule has 0 unspecified atom stereocenters. The number of alkyl halides is 2. The molecule has 0 radical (unpaired) electrons. The lowest BCUT2D eigenvalue weighted by Gasteiger charge is -2.35. The number of halogens is 6. The van der Waals surface area contributed by atoms with E-state index in [1.807, 2.05) is 0 Å². The van der Waals surface area contributed by atoms with Gasteiger partial charge < -0.3 is 5.32 Å². The summed E-state index contributed by atoms with van der Waals surface area (Å²) in [4.78, 5) is 1.64. The van der Waals surface area contributed by atoms with E-state index >= 15 is 0 Å². The molecule has 1 saturated heterocycles.